The van der Waals surface area contributed by atoms with Crippen LogP contribution in [-0.2, 0) is 5.67 Å². The van der Waals surface area contributed by atoms with Gasteiger partial charge in [0.05, 0.1) is 5.56 Å². The zero-order valence-electron chi connectivity index (χ0n) is 9.31. The van der Waals surface area contributed by atoms with Crippen LogP contribution < -0.4 is 5.73 Å². The number of aromatic carboxylic acids is 1. The van der Waals surface area contributed by atoms with E-state index in [0.29, 0.717) is 6.07 Å². The van der Waals surface area contributed by atoms with Crippen LogP contribution >= 0.6 is 0 Å². The number of halogens is 7. The molecule has 112 valence electrons. The molecular weight excluding hydrogens is 299 g/mol. The van der Waals surface area contributed by atoms with Crippen molar-refractivity contribution in [1.82, 2.24) is 0 Å². The summed E-state index contributed by atoms with van der Waals surface area (Å²) in [5.41, 5.74) is -4.14. The molecule has 0 aromatic heterocycles. The number of carboxylic acids is 1. The van der Waals surface area contributed by atoms with Crippen LogP contribution in [0.5, 0.6) is 0 Å². The molecule has 0 heterocycles. The fourth-order valence-corrected chi connectivity index (χ4v) is 1.44. The molecule has 0 fully saturated rings. The third-order valence-electron chi connectivity index (χ3n) is 2.46. The highest BCUT2D eigenvalue weighted by atomic mass is 19.4. The Morgan fingerprint density at radius 1 is 1.00 bits per heavy atom. The maximum Gasteiger partial charge on any atom is 0.435 e. The first kappa shape index (κ1) is 16.1. The molecule has 20 heavy (non-hydrogen) atoms. The van der Waals surface area contributed by atoms with Gasteiger partial charge in [-0.1, -0.05) is 6.07 Å². The molecule has 0 saturated heterocycles. The Morgan fingerprint density at radius 3 is 1.80 bits per heavy atom. The molecule has 0 radical (unpaired) electrons. The van der Waals surface area contributed by atoms with Crippen molar-refractivity contribution in [2.24, 2.45) is 0 Å². The average molecular weight is 305 g/mol. The van der Waals surface area contributed by atoms with Crippen molar-refractivity contribution >= 4 is 11.7 Å². The van der Waals surface area contributed by atoms with Gasteiger partial charge in [0.2, 0.25) is 0 Å². The van der Waals surface area contributed by atoms with Crippen molar-refractivity contribution in [1.29, 1.82) is 0 Å². The lowest BCUT2D eigenvalue weighted by Crippen LogP contribution is -2.50. The fraction of sp³-hybridized carbons (Fsp3) is 0.300. The lowest BCUT2D eigenvalue weighted by molar-refractivity contribution is -0.348. The number of anilines is 1. The third kappa shape index (κ3) is 2.37. The van der Waals surface area contributed by atoms with Crippen LogP contribution in [0, 0.1) is 0 Å². The van der Waals surface area contributed by atoms with Gasteiger partial charge in [-0.25, -0.2) is 9.18 Å². The normalized spacial score (nSPS) is 13.3. The summed E-state index contributed by atoms with van der Waals surface area (Å²) in [4.78, 5) is 10.6. The van der Waals surface area contributed by atoms with E-state index in [1.54, 1.807) is 0 Å². The number of nitrogens with two attached hydrogens (primary N) is 1. The van der Waals surface area contributed by atoms with Gasteiger partial charge in [-0.2, -0.15) is 26.3 Å². The molecule has 0 amide bonds. The zero-order chi connectivity index (χ0) is 15.9. The minimum Gasteiger partial charge on any atom is -0.478 e. The van der Waals surface area contributed by atoms with E-state index in [2.05, 4.69) is 0 Å². The molecular formula is C10H6F7NO2. The number of rotatable bonds is 2. The van der Waals surface area contributed by atoms with Crippen molar-refractivity contribution in [3.05, 3.63) is 29.3 Å². The number of alkyl halides is 7. The van der Waals surface area contributed by atoms with Gasteiger partial charge in [-0.05, 0) is 12.1 Å². The lowest BCUT2D eigenvalue weighted by atomic mass is 9.92. The minimum atomic E-state index is -6.31. The van der Waals surface area contributed by atoms with Gasteiger partial charge in [0, 0.05) is 11.3 Å². The van der Waals surface area contributed by atoms with E-state index in [9.17, 15) is 35.5 Å². The number of nitrogen functional groups attached to an aromatic ring is 1. The highest BCUT2D eigenvalue weighted by Gasteiger charge is 2.73. The van der Waals surface area contributed by atoms with Gasteiger partial charge in [0.15, 0.2) is 0 Å². The number of hydrogen-bond acceptors (Lipinski definition) is 2. The van der Waals surface area contributed by atoms with E-state index in [4.69, 9.17) is 10.8 Å². The summed E-state index contributed by atoms with van der Waals surface area (Å²) in [6.45, 7) is 0. The van der Waals surface area contributed by atoms with Crippen molar-refractivity contribution in [2.45, 2.75) is 18.0 Å². The Kier molecular flexibility index (Phi) is 3.64. The largest absolute Gasteiger partial charge is 0.478 e. The van der Waals surface area contributed by atoms with Crippen LogP contribution in [0.1, 0.15) is 15.9 Å². The first-order chi connectivity index (χ1) is 8.82. The molecule has 0 aliphatic heterocycles. The summed E-state index contributed by atoms with van der Waals surface area (Å²) < 4.78 is 88.3. The Bertz CT molecular complexity index is 521. The molecule has 0 spiro atoms. The van der Waals surface area contributed by atoms with E-state index in [-0.39, 0.29) is 12.1 Å². The van der Waals surface area contributed by atoms with Crippen LogP contribution in [0.2, 0.25) is 0 Å². The number of carboxylic acid groups (broad SMARTS) is 1. The molecule has 0 atom stereocenters. The molecule has 1 aromatic carbocycles. The van der Waals surface area contributed by atoms with Crippen LogP contribution in [0.25, 0.3) is 0 Å². The highest BCUT2D eigenvalue weighted by molar-refractivity contribution is 5.93. The van der Waals surface area contributed by atoms with E-state index in [1.165, 1.54) is 0 Å². The van der Waals surface area contributed by atoms with Crippen molar-refractivity contribution < 1.29 is 40.6 Å². The van der Waals surface area contributed by atoms with Gasteiger partial charge in [0.25, 0.3) is 0 Å². The second-order valence-electron chi connectivity index (χ2n) is 3.76. The van der Waals surface area contributed by atoms with Gasteiger partial charge >= 0.3 is 24.0 Å². The summed E-state index contributed by atoms with van der Waals surface area (Å²) >= 11 is 0. The number of carbonyl (C=O) groups is 1. The maximum absolute atomic E-state index is 13.6. The molecule has 3 N–H and O–H groups in total. The van der Waals surface area contributed by atoms with E-state index in [0.717, 1.165) is 0 Å². The Labute approximate surface area is 106 Å². The predicted molar refractivity (Wildman–Crippen MR) is 52.7 cm³/mol. The van der Waals surface area contributed by atoms with Gasteiger partial charge in [-0.15, -0.1) is 0 Å². The van der Waals surface area contributed by atoms with Crippen LogP contribution in [0.4, 0.5) is 36.4 Å². The second kappa shape index (κ2) is 4.53. The predicted octanol–water partition coefficient (Wildman–Crippen LogP) is 3.26. The molecule has 0 aliphatic carbocycles. The highest BCUT2D eigenvalue weighted by Crippen LogP contribution is 2.53. The minimum absolute atomic E-state index is 0.0847. The quantitative estimate of drug-likeness (QED) is 0.651. The average Bonchev–Trinajstić information content (AvgIpc) is 2.25. The SMILES string of the molecule is Nc1ccc(C(F)(C(F)(F)F)C(F)(F)F)cc1C(=O)O. The molecule has 3 nitrogen and oxygen atoms in total. The summed E-state index contributed by atoms with van der Waals surface area (Å²) in [7, 11) is 0. The fourth-order valence-electron chi connectivity index (χ4n) is 1.44. The lowest BCUT2D eigenvalue weighted by Gasteiger charge is -2.30. The zero-order valence-corrected chi connectivity index (χ0v) is 9.31. The summed E-state index contributed by atoms with van der Waals surface area (Å²) in [5.74, 6) is -1.88. The Balaban J connectivity index is 3.61. The standard InChI is InChI=1S/C10H6F7NO2/c11-8(9(12,13)14,10(15,16)17)4-1-2-6(18)5(3-4)7(19)20/h1-3H,18H2,(H,19,20). The van der Waals surface area contributed by atoms with Gasteiger partial charge < -0.3 is 10.8 Å². The third-order valence-corrected chi connectivity index (χ3v) is 2.46. The first-order valence-corrected chi connectivity index (χ1v) is 4.78. The van der Waals surface area contributed by atoms with Crippen molar-refractivity contribution in [3.63, 3.8) is 0 Å². The van der Waals surface area contributed by atoms with Crippen LogP contribution in [-0.4, -0.2) is 23.4 Å². The monoisotopic (exact) mass is 305 g/mol. The number of benzene rings is 1. The van der Waals surface area contributed by atoms with Gasteiger partial charge in [-0.3, -0.25) is 0 Å². The molecule has 0 unspecified atom stereocenters. The Hall–Kier alpha value is -2.00. The van der Waals surface area contributed by atoms with E-state index < -0.39 is 40.8 Å². The first-order valence-electron chi connectivity index (χ1n) is 4.78. The van der Waals surface area contributed by atoms with E-state index in [1.807, 2.05) is 0 Å². The van der Waals surface area contributed by atoms with Crippen LogP contribution in [0.3, 0.4) is 0 Å². The summed E-state index contributed by atoms with van der Waals surface area (Å²) in [6, 6.07) is 0.520. The molecule has 0 saturated carbocycles. The topological polar surface area (TPSA) is 63.3 Å². The smallest absolute Gasteiger partial charge is 0.435 e. The van der Waals surface area contributed by atoms with E-state index >= 15 is 0 Å². The summed E-state index contributed by atoms with van der Waals surface area (Å²) in [6.07, 6.45) is -12.6. The second-order valence-corrected chi connectivity index (χ2v) is 3.76. The molecule has 10 heteroatoms. The molecule has 0 aliphatic rings. The number of hydrogen-bond donors (Lipinski definition) is 2. The molecule has 0 bridgehead atoms. The molecule has 1 rings (SSSR count). The molecule has 1 aromatic rings. The maximum atomic E-state index is 13.6. The Morgan fingerprint density at radius 2 is 1.45 bits per heavy atom. The van der Waals surface area contributed by atoms with Crippen LogP contribution in [0.15, 0.2) is 18.2 Å². The van der Waals surface area contributed by atoms with Crippen molar-refractivity contribution in [3.8, 4) is 0 Å². The van der Waals surface area contributed by atoms with Crippen molar-refractivity contribution in [2.75, 3.05) is 5.73 Å². The summed E-state index contributed by atoms with van der Waals surface area (Å²) in [5, 5.41) is 8.60. The van der Waals surface area contributed by atoms with Gasteiger partial charge in [0.1, 0.15) is 0 Å².